The summed E-state index contributed by atoms with van der Waals surface area (Å²) in [6.07, 6.45) is 4.85. The number of anilines is 2. The van der Waals surface area contributed by atoms with Gasteiger partial charge in [0, 0.05) is 13.1 Å². The van der Waals surface area contributed by atoms with Crippen molar-refractivity contribution in [2.24, 2.45) is 0 Å². The van der Waals surface area contributed by atoms with Crippen molar-refractivity contribution in [1.29, 1.82) is 0 Å². The lowest BCUT2D eigenvalue weighted by Crippen LogP contribution is -2.46. The monoisotopic (exact) mass is 208 g/mol. The molecular formula is C10H16N4O. The fourth-order valence-electron chi connectivity index (χ4n) is 2.00. The van der Waals surface area contributed by atoms with Crippen molar-refractivity contribution in [1.82, 2.24) is 9.97 Å². The zero-order valence-electron chi connectivity index (χ0n) is 8.85. The summed E-state index contributed by atoms with van der Waals surface area (Å²) in [5.41, 5.74) is 5.71. The molecule has 0 bridgehead atoms. The quantitative estimate of drug-likeness (QED) is 0.699. The lowest BCUT2D eigenvalue weighted by molar-refractivity contribution is 0.0447. The summed E-state index contributed by atoms with van der Waals surface area (Å²) < 4.78 is 0. The van der Waals surface area contributed by atoms with E-state index in [1.54, 1.807) is 6.20 Å². The van der Waals surface area contributed by atoms with Gasteiger partial charge in [0.1, 0.15) is 6.33 Å². The van der Waals surface area contributed by atoms with Crippen molar-refractivity contribution in [2.45, 2.75) is 25.4 Å². The van der Waals surface area contributed by atoms with Crippen LogP contribution in [0.5, 0.6) is 0 Å². The molecule has 0 radical (unpaired) electrons. The highest BCUT2D eigenvalue weighted by atomic mass is 16.3. The van der Waals surface area contributed by atoms with Gasteiger partial charge in [0.2, 0.25) is 0 Å². The standard InChI is InChI=1S/C10H16N4O/c1-10(15)3-2-4-14(6-10)9-8(11)5-12-7-13-9/h5,7,15H,2-4,6,11H2,1H3. The van der Waals surface area contributed by atoms with E-state index in [1.165, 1.54) is 6.33 Å². The Morgan fingerprint density at radius 2 is 2.40 bits per heavy atom. The molecule has 2 rings (SSSR count). The first kappa shape index (κ1) is 10.2. The summed E-state index contributed by atoms with van der Waals surface area (Å²) in [5, 5.41) is 9.97. The first-order chi connectivity index (χ1) is 7.08. The molecule has 15 heavy (non-hydrogen) atoms. The summed E-state index contributed by atoms with van der Waals surface area (Å²) in [5.74, 6) is 0.727. The fraction of sp³-hybridized carbons (Fsp3) is 0.600. The molecule has 1 atom stereocenters. The van der Waals surface area contributed by atoms with E-state index in [2.05, 4.69) is 9.97 Å². The van der Waals surface area contributed by atoms with Crippen LogP contribution in [-0.4, -0.2) is 33.8 Å². The zero-order chi connectivity index (χ0) is 10.9. The molecule has 5 nitrogen and oxygen atoms in total. The maximum absolute atomic E-state index is 9.97. The number of aliphatic hydroxyl groups is 1. The third kappa shape index (κ3) is 2.18. The van der Waals surface area contributed by atoms with E-state index >= 15 is 0 Å². The molecule has 5 heteroatoms. The smallest absolute Gasteiger partial charge is 0.155 e. The van der Waals surface area contributed by atoms with Gasteiger partial charge < -0.3 is 15.7 Å². The molecular weight excluding hydrogens is 192 g/mol. The Balaban J connectivity index is 2.21. The topological polar surface area (TPSA) is 75.3 Å². The average molecular weight is 208 g/mol. The van der Waals surface area contributed by atoms with Crippen LogP contribution >= 0.6 is 0 Å². The number of nitrogen functional groups attached to an aromatic ring is 1. The van der Waals surface area contributed by atoms with Crippen LogP contribution in [0.25, 0.3) is 0 Å². The Hall–Kier alpha value is -1.36. The first-order valence-corrected chi connectivity index (χ1v) is 5.11. The van der Waals surface area contributed by atoms with Gasteiger partial charge in [-0.05, 0) is 19.8 Å². The summed E-state index contributed by atoms with van der Waals surface area (Å²) in [4.78, 5) is 10.0. The largest absolute Gasteiger partial charge is 0.394 e. The van der Waals surface area contributed by atoms with Crippen LogP contribution < -0.4 is 10.6 Å². The molecule has 1 aromatic heterocycles. The van der Waals surface area contributed by atoms with Crippen LogP contribution in [0.2, 0.25) is 0 Å². The van der Waals surface area contributed by atoms with Crippen LogP contribution in [0.1, 0.15) is 19.8 Å². The number of β-amino-alcohol motifs (C(OH)–C–C–N with tert-alkyl or cyclic N) is 1. The maximum atomic E-state index is 9.97. The minimum atomic E-state index is -0.643. The second-order valence-electron chi connectivity index (χ2n) is 4.32. The molecule has 82 valence electrons. The summed E-state index contributed by atoms with van der Waals surface area (Å²) >= 11 is 0. The van der Waals surface area contributed by atoms with Crippen LogP contribution in [-0.2, 0) is 0 Å². The summed E-state index contributed by atoms with van der Waals surface area (Å²) in [6, 6.07) is 0. The van der Waals surface area contributed by atoms with Crippen molar-refractivity contribution < 1.29 is 5.11 Å². The lowest BCUT2D eigenvalue weighted by Gasteiger charge is -2.37. The SMILES string of the molecule is CC1(O)CCCN(c2ncncc2N)C1. The third-order valence-corrected chi connectivity index (χ3v) is 2.69. The number of nitrogens with zero attached hydrogens (tertiary/aromatic N) is 3. The number of nitrogens with two attached hydrogens (primary N) is 1. The summed E-state index contributed by atoms with van der Waals surface area (Å²) in [7, 11) is 0. The van der Waals surface area contributed by atoms with Gasteiger partial charge in [-0.2, -0.15) is 0 Å². The highest BCUT2D eigenvalue weighted by Gasteiger charge is 2.29. The number of piperidine rings is 1. The van der Waals surface area contributed by atoms with Crippen LogP contribution in [0.3, 0.4) is 0 Å². The number of aromatic nitrogens is 2. The van der Waals surface area contributed by atoms with Crippen LogP contribution in [0, 0.1) is 0 Å². The normalized spacial score (nSPS) is 26.7. The maximum Gasteiger partial charge on any atom is 0.155 e. The highest BCUT2D eigenvalue weighted by molar-refractivity contribution is 5.61. The second-order valence-corrected chi connectivity index (χ2v) is 4.32. The third-order valence-electron chi connectivity index (χ3n) is 2.69. The fourth-order valence-corrected chi connectivity index (χ4v) is 2.00. The molecule has 0 saturated carbocycles. The Labute approximate surface area is 88.9 Å². The van der Waals surface area contributed by atoms with E-state index in [4.69, 9.17) is 5.73 Å². The van der Waals surface area contributed by atoms with Gasteiger partial charge in [0.25, 0.3) is 0 Å². The summed E-state index contributed by atoms with van der Waals surface area (Å²) in [6.45, 7) is 3.31. The molecule has 2 heterocycles. The number of hydrogen-bond acceptors (Lipinski definition) is 5. The minimum absolute atomic E-state index is 0.565. The van der Waals surface area contributed by atoms with Crippen molar-refractivity contribution in [3.8, 4) is 0 Å². The molecule has 3 N–H and O–H groups in total. The number of hydrogen-bond donors (Lipinski definition) is 2. The Morgan fingerprint density at radius 3 is 3.07 bits per heavy atom. The second kappa shape index (κ2) is 3.66. The minimum Gasteiger partial charge on any atom is -0.394 e. The van der Waals surface area contributed by atoms with Gasteiger partial charge in [0.05, 0.1) is 17.5 Å². The van der Waals surface area contributed by atoms with E-state index in [9.17, 15) is 5.11 Å². The van der Waals surface area contributed by atoms with Gasteiger partial charge in [-0.3, -0.25) is 0 Å². The molecule has 1 saturated heterocycles. The van der Waals surface area contributed by atoms with Gasteiger partial charge in [-0.1, -0.05) is 0 Å². The highest BCUT2D eigenvalue weighted by Crippen LogP contribution is 2.26. The van der Waals surface area contributed by atoms with E-state index in [0.29, 0.717) is 12.2 Å². The molecule has 0 aromatic carbocycles. The predicted octanol–water partition coefficient (Wildman–Crippen LogP) is 0.410. The Bertz CT molecular complexity index is 353. The van der Waals surface area contributed by atoms with Crippen molar-refractivity contribution in [3.63, 3.8) is 0 Å². The van der Waals surface area contributed by atoms with Gasteiger partial charge >= 0.3 is 0 Å². The van der Waals surface area contributed by atoms with Gasteiger partial charge in [0.15, 0.2) is 5.82 Å². The Kier molecular flexibility index (Phi) is 2.48. The molecule has 1 aliphatic heterocycles. The first-order valence-electron chi connectivity index (χ1n) is 5.11. The molecule has 0 spiro atoms. The zero-order valence-corrected chi connectivity index (χ0v) is 8.85. The molecule has 1 aliphatic rings. The molecule has 0 amide bonds. The lowest BCUT2D eigenvalue weighted by atomic mass is 9.95. The van der Waals surface area contributed by atoms with Crippen molar-refractivity contribution in [2.75, 3.05) is 23.7 Å². The van der Waals surface area contributed by atoms with Crippen LogP contribution in [0.4, 0.5) is 11.5 Å². The average Bonchev–Trinajstić information content (AvgIpc) is 2.17. The van der Waals surface area contributed by atoms with Crippen molar-refractivity contribution >= 4 is 11.5 Å². The molecule has 1 unspecified atom stereocenters. The number of rotatable bonds is 1. The van der Waals surface area contributed by atoms with E-state index in [-0.39, 0.29) is 0 Å². The molecule has 0 aliphatic carbocycles. The molecule has 1 aromatic rings. The van der Waals surface area contributed by atoms with Gasteiger partial charge in [-0.25, -0.2) is 9.97 Å². The van der Waals surface area contributed by atoms with Crippen LogP contribution in [0.15, 0.2) is 12.5 Å². The predicted molar refractivity (Wildman–Crippen MR) is 58.5 cm³/mol. The van der Waals surface area contributed by atoms with E-state index in [0.717, 1.165) is 25.2 Å². The van der Waals surface area contributed by atoms with Crippen molar-refractivity contribution in [3.05, 3.63) is 12.5 Å². The molecule has 1 fully saturated rings. The van der Waals surface area contributed by atoms with E-state index in [1.807, 2.05) is 11.8 Å². The Morgan fingerprint density at radius 1 is 1.60 bits per heavy atom. The van der Waals surface area contributed by atoms with E-state index < -0.39 is 5.60 Å². The van der Waals surface area contributed by atoms with Gasteiger partial charge in [-0.15, -0.1) is 0 Å².